The van der Waals surface area contributed by atoms with Crippen molar-refractivity contribution in [3.05, 3.63) is 0 Å². The highest BCUT2D eigenvalue weighted by atomic mass is 127. The number of nitrogens with one attached hydrogen (secondary N) is 2. The van der Waals surface area contributed by atoms with Crippen LogP contribution in [0.4, 0.5) is 0 Å². The summed E-state index contributed by atoms with van der Waals surface area (Å²) in [7, 11) is 0. The molecule has 0 aromatic carbocycles. The lowest BCUT2D eigenvalue weighted by Gasteiger charge is -2.33. The molecule has 8 heteroatoms. The fourth-order valence-electron chi connectivity index (χ4n) is 3.55. The van der Waals surface area contributed by atoms with E-state index in [9.17, 15) is 4.79 Å². The summed E-state index contributed by atoms with van der Waals surface area (Å²) in [5.74, 6) is 1.07. The number of aliphatic imine (C=N–C) groups is 1. The van der Waals surface area contributed by atoms with Crippen molar-refractivity contribution in [3.63, 3.8) is 0 Å². The molecule has 2 heterocycles. The van der Waals surface area contributed by atoms with Gasteiger partial charge >= 0.3 is 0 Å². The van der Waals surface area contributed by atoms with Gasteiger partial charge < -0.3 is 20.3 Å². The Morgan fingerprint density at radius 2 is 1.96 bits per heavy atom. The second-order valence-corrected chi connectivity index (χ2v) is 7.18. The summed E-state index contributed by atoms with van der Waals surface area (Å²) in [5, 5.41) is 6.57. The van der Waals surface area contributed by atoms with Crippen molar-refractivity contribution in [1.82, 2.24) is 20.4 Å². The van der Waals surface area contributed by atoms with Crippen LogP contribution in [0, 0.1) is 0 Å². The average molecular weight is 495 g/mol. The van der Waals surface area contributed by atoms with Gasteiger partial charge in [0.1, 0.15) is 0 Å². The highest BCUT2D eigenvalue weighted by Gasteiger charge is 2.22. The Bertz CT molecular complexity index is 444. The molecule has 2 N–H and O–H groups in total. The van der Waals surface area contributed by atoms with Gasteiger partial charge in [-0.2, -0.15) is 0 Å². The molecule has 2 saturated heterocycles. The van der Waals surface area contributed by atoms with Crippen molar-refractivity contribution in [3.8, 4) is 0 Å². The number of guanidine groups is 1. The summed E-state index contributed by atoms with van der Waals surface area (Å²) in [6.07, 6.45) is 5.08. The number of carbonyl (C=O) groups is 1. The smallest absolute Gasteiger partial charge is 0.224 e. The summed E-state index contributed by atoms with van der Waals surface area (Å²) in [6, 6.07) is 0.387. The molecule has 158 valence electrons. The second kappa shape index (κ2) is 14.4. The van der Waals surface area contributed by atoms with Crippen LogP contribution in [0.1, 0.15) is 46.0 Å². The molecule has 2 aliphatic rings. The Kier molecular flexibility index (Phi) is 13.0. The van der Waals surface area contributed by atoms with Crippen molar-refractivity contribution in [1.29, 1.82) is 0 Å². The van der Waals surface area contributed by atoms with Gasteiger partial charge in [-0.05, 0) is 39.5 Å². The molecule has 0 radical (unpaired) electrons. The Balaban J connectivity index is 0.00000364. The number of morpholine rings is 1. The predicted molar refractivity (Wildman–Crippen MR) is 121 cm³/mol. The first-order valence-corrected chi connectivity index (χ1v) is 10.3. The van der Waals surface area contributed by atoms with Crippen LogP contribution in [-0.2, 0) is 9.53 Å². The fraction of sp³-hybridized carbons (Fsp3) is 0.895. The molecule has 0 spiro atoms. The third-order valence-electron chi connectivity index (χ3n) is 5.10. The number of rotatable bonds is 8. The van der Waals surface area contributed by atoms with Crippen molar-refractivity contribution in [2.45, 2.75) is 52.0 Å². The normalized spacial score (nSPS) is 21.5. The van der Waals surface area contributed by atoms with Gasteiger partial charge in [0.2, 0.25) is 5.91 Å². The number of halogens is 1. The van der Waals surface area contributed by atoms with E-state index >= 15 is 0 Å². The molecule has 27 heavy (non-hydrogen) atoms. The maximum absolute atomic E-state index is 12.4. The lowest BCUT2D eigenvalue weighted by molar-refractivity contribution is -0.134. The molecule has 0 saturated carbocycles. The van der Waals surface area contributed by atoms with E-state index in [0.29, 0.717) is 19.0 Å². The summed E-state index contributed by atoms with van der Waals surface area (Å²) in [6.45, 7) is 12.2. The zero-order valence-electron chi connectivity index (χ0n) is 17.0. The van der Waals surface area contributed by atoms with Crippen LogP contribution >= 0.6 is 24.0 Å². The third-order valence-corrected chi connectivity index (χ3v) is 5.10. The van der Waals surface area contributed by atoms with E-state index in [1.807, 2.05) is 4.90 Å². The third kappa shape index (κ3) is 9.43. The van der Waals surface area contributed by atoms with Crippen LogP contribution in [0.2, 0.25) is 0 Å². The Labute approximate surface area is 181 Å². The minimum Gasteiger partial charge on any atom is -0.379 e. The standard InChI is InChI=1S/C19H37N5O2.HI/c1-3-20-19(21-9-6-11-23-13-15-26-16-14-23)22-10-8-18(25)24-12-5-4-7-17(24)2;/h17H,3-16H2,1-2H3,(H2,20,21,22);1H. The molecule has 2 fully saturated rings. The van der Waals surface area contributed by atoms with Crippen molar-refractivity contribution in [2.75, 3.05) is 59.0 Å². The van der Waals surface area contributed by atoms with Gasteiger partial charge in [0.05, 0.1) is 13.2 Å². The number of carbonyl (C=O) groups excluding carboxylic acids is 1. The van der Waals surface area contributed by atoms with E-state index in [2.05, 4.69) is 34.4 Å². The van der Waals surface area contributed by atoms with E-state index in [4.69, 9.17) is 4.74 Å². The largest absolute Gasteiger partial charge is 0.379 e. The molecule has 1 unspecified atom stereocenters. The van der Waals surface area contributed by atoms with Crippen molar-refractivity contribution in [2.24, 2.45) is 4.99 Å². The molecule has 2 rings (SSSR count). The van der Waals surface area contributed by atoms with Crippen molar-refractivity contribution >= 4 is 35.8 Å². The molecule has 1 amide bonds. The first-order valence-electron chi connectivity index (χ1n) is 10.3. The molecule has 2 aliphatic heterocycles. The molecule has 0 aliphatic carbocycles. The SMILES string of the molecule is CCNC(=NCCCN1CCOCC1)NCCC(=O)N1CCCCC1C.I. The van der Waals surface area contributed by atoms with Gasteiger partial charge in [0.25, 0.3) is 0 Å². The zero-order chi connectivity index (χ0) is 18.6. The number of amides is 1. The molecular weight excluding hydrogens is 457 g/mol. The zero-order valence-corrected chi connectivity index (χ0v) is 19.4. The lowest BCUT2D eigenvalue weighted by atomic mass is 10.0. The number of hydrogen-bond donors (Lipinski definition) is 2. The van der Waals surface area contributed by atoms with Gasteiger partial charge in [0.15, 0.2) is 5.96 Å². The van der Waals surface area contributed by atoms with Crippen LogP contribution in [0.5, 0.6) is 0 Å². The minimum atomic E-state index is 0. The topological polar surface area (TPSA) is 69.2 Å². The van der Waals surface area contributed by atoms with Crippen molar-refractivity contribution < 1.29 is 9.53 Å². The minimum absolute atomic E-state index is 0. The van der Waals surface area contributed by atoms with E-state index in [0.717, 1.165) is 77.7 Å². The van der Waals surface area contributed by atoms with E-state index < -0.39 is 0 Å². The van der Waals surface area contributed by atoms with Gasteiger partial charge in [-0.15, -0.1) is 24.0 Å². The maximum atomic E-state index is 12.4. The van der Waals surface area contributed by atoms with Crippen LogP contribution in [0.25, 0.3) is 0 Å². The maximum Gasteiger partial charge on any atom is 0.224 e. The monoisotopic (exact) mass is 495 g/mol. The first-order chi connectivity index (χ1) is 12.7. The van der Waals surface area contributed by atoms with Crippen LogP contribution in [0.15, 0.2) is 4.99 Å². The van der Waals surface area contributed by atoms with Crippen LogP contribution < -0.4 is 10.6 Å². The van der Waals surface area contributed by atoms with Crippen LogP contribution in [0.3, 0.4) is 0 Å². The number of nitrogens with zero attached hydrogens (tertiary/aromatic N) is 3. The molecule has 0 aromatic heterocycles. The fourth-order valence-corrected chi connectivity index (χ4v) is 3.55. The molecule has 7 nitrogen and oxygen atoms in total. The second-order valence-electron chi connectivity index (χ2n) is 7.18. The average Bonchev–Trinajstić information content (AvgIpc) is 2.66. The highest BCUT2D eigenvalue weighted by molar-refractivity contribution is 14.0. The summed E-state index contributed by atoms with van der Waals surface area (Å²) >= 11 is 0. The highest BCUT2D eigenvalue weighted by Crippen LogP contribution is 2.16. The van der Waals surface area contributed by atoms with Crippen LogP contribution in [-0.4, -0.2) is 86.7 Å². The number of piperidine rings is 1. The van der Waals surface area contributed by atoms with Gasteiger partial charge in [-0.3, -0.25) is 14.7 Å². The Hall–Kier alpha value is -0.610. The Morgan fingerprint density at radius 3 is 2.67 bits per heavy atom. The number of likely N-dealkylation sites (tertiary alicyclic amines) is 1. The summed E-state index contributed by atoms with van der Waals surface area (Å²) < 4.78 is 5.37. The molecule has 0 aromatic rings. The number of ether oxygens (including phenoxy) is 1. The van der Waals surface area contributed by atoms with E-state index in [1.165, 1.54) is 6.42 Å². The van der Waals surface area contributed by atoms with E-state index in [-0.39, 0.29) is 29.9 Å². The lowest BCUT2D eigenvalue weighted by Crippen LogP contribution is -2.44. The summed E-state index contributed by atoms with van der Waals surface area (Å²) in [4.78, 5) is 21.5. The first kappa shape index (κ1) is 24.4. The molecular formula is C19H38IN5O2. The molecule has 0 bridgehead atoms. The Morgan fingerprint density at radius 1 is 1.19 bits per heavy atom. The quantitative estimate of drug-likeness (QED) is 0.232. The van der Waals surface area contributed by atoms with Gasteiger partial charge in [-0.1, -0.05) is 0 Å². The van der Waals surface area contributed by atoms with E-state index in [1.54, 1.807) is 0 Å². The van der Waals surface area contributed by atoms with Gasteiger partial charge in [-0.25, -0.2) is 0 Å². The van der Waals surface area contributed by atoms with Gasteiger partial charge in [0, 0.05) is 58.3 Å². The summed E-state index contributed by atoms with van der Waals surface area (Å²) in [5.41, 5.74) is 0. The molecule has 1 atom stereocenters. The predicted octanol–water partition coefficient (Wildman–Crippen LogP) is 1.67. The number of hydrogen-bond acceptors (Lipinski definition) is 4.